The van der Waals surface area contributed by atoms with Crippen LogP contribution < -0.4 is 16.4 Å². The van der Waals surface area contributed by atoms with Gasteiger partial charge in [-0.15, -0.1) is 0 Å². The fourth-order valence-electron chi connectivity index (χ4n) is 9.90. The maximum atomic E-state index is 6.97. The Kier molecular flexibility index (Phi) is 8.34. The number of para-hydroxylation sites is 6. The molecule has 12 aromatic rings. The highest BCUT2D eigenvalue weighted by Gasteiger charge is 2.44. The largest absolute Gasteiger partial charge is 0.467 e. The minimum absolute atomic E-state index is 0.741. The molecule has 9 heteroatoms. The van der Waals surface area contributed by atoms with Crippen molar-refractivity contribution in [1.82, 2.24) is 13.7 Å². The van der Waals surface area contributed by atoms with Gasteiger partial charge >= 0.3 is 21.4 Å². The lowest BCUT2D eigenvalue weighted by molar-refractivity contribution is 0.308. The minimum atomic E-state index is -0.746. The van der Waals surface area contributed by atoms with E-state index in [9.17, 15) is 0 Å². The van der Waals surface area contributed by atoms with Crippen LogP contribution in [0.1, 0.15) is 0 Å². The highest BCUT2D eigenvalue weighted by atomic mass is 16.7. The second-order valence-corrected chi connectivity index (χ2v) is 16.3. The van der Waals surface area contributed by atoms with Crippen molar-refractivity contribution in [3.8, 4) is 17.1 Å². The van der Waals surface area contributed by atoms with Crippen LogP contribution in [0.4, 0.5) is 0 Å². The molecule has 1 aliphatic rings. The Balaban J connectivity index is 0.959. The zero-order valence-corrected chi connectivity index (χ0v) is 34.1. The average molecular weight is 807 g/mol. The van der Waals surface area contributed by atoms with E-state index in [1.165, 1.54) is 10.8 Å². The first kappa shape index (κ1) is 36.1. The summed E-state index contributed by atoms with van der Waals surface area (Å²) in [5.41, 5.74) is 12.8. The summed E-state index contributed by atoms with van der Waals surface area (Å²) in [6, 6.07) is 77.0. The molecule has 1 saturated heterocycles. The van der Waals surface area contributed by atoms with Crippen molar-refractivity contribution in [1.29, 1.82) is 0 Å². The lowest BCUT2D eigenvalue weighted by Gasteiger charge is -2.32. The molecule has 0 unspecified atom stereocenters. The van der Waals surface area contributed by atoms with Gasteiger partial charge in [-0.3, -0.25) is 0 Å². The van der Waals surface area contributed by atoms with Crippen LogP contribution in [0.15, 0.2) is 218 Å². The fraction of sp³-hybridized carbons (Fsp3) is 0. The van der Waals surface area contributed by atoms with Crippen molar-refractivity contribution in [2.75, 3.05) is 0 Å². The number of hydrogen-bond donors (Lipinski definition) is 0. The monoisotopic (exact) mass is 807 g/mol. The molecule has 9 aromatic carbocycles. The molecule has 0 atom stereocenters. The molecule has 0 radical (unpaired) electrons. The molecule has 0 amide bonds. The molecule has 4 heterocycles. The van der Waals surface area contributed by atoms with Crippen LogP contribution in [0, 0.1) is 0 Å². The molecular formula is C54H36B3N3O3. The summed E-state index contributed by atoms with van der Waals surface area (Å²) in [4.78, 5) is 0. The van der Waals surface area contributed by atoms with Crippen molar-refractivity contribution in [3.05, 3.63) is 218 Å². The molecular weight excluding hydrogens is 771 g/mol. The van der Waals surface area contributed by atoms with E-state index in [2.05, 4.69) is 232 Å². The molecule has 3 aromatic heterocycles. The van der Waals surface area contributed by atoms with Crippen LogP contribution >= 0.6 is 0 Å². The third-order valence-corrected chi connectivity index (χ3v) is 12.7. The normalized spacial score (nSPS) is 13.4. The Morgan fingerprint density at radius 2 is 0.556 bits per heavy atom. The smallest absolute Gasteiger partial charge is 0.445 e. The summed E-state index contributed by atoms with van der Waals surface area (Å²) >= 11 is 0. The number of benzene rings is 9. The van der Waals surface area contributed by atoms with Crippen molar-refractivity contribution in [2.45, 2.75) is 0 Å². The molecule has 0 bridgehead atoms. The van der Waals surface area contributed by atoms with Crippen LogP contribution in [0.3, 0.4) is 0 Å². The van der Waals surface area contributed by atoms with Gasteiger partial charge in [0.15, 0.2) is 0 Å². The Hall–Kier alpha value is -7.55. The van der Waals surface area contributed by atoms with Gasteiger partial charge in [0.1, 0.15) is 0 Å². The van der Waals surface area contributed by atoms with Crippen LogP contribution in [-0.2, 0) is 13.7 Å². The first-order valence-corrected chi connectivity index (χ1v) is 21.5. The molecule has 63 heavy (non-hydrogen) atoms. The predicted molar refractivity (Wildman–Crippen MR) is 262 cm³/mol. The first-order valence-electron chi connectivity index (χ1n) is 21.5. The third-order valence-electron chi connectivity index (χ3n) is 12.7. The summed E-state index contributed by atoms with van der Waals surface area (Å²) in [6.07, 6.45) is 0. The summed E-state index contributed by atoms with van der Waals surface area (Å²) in [6.45, 7) is 0. The van der Waals surface area contributed by atoms with E-state index >= 15 is 0 Å². The fourth-order valence-corrected chi connectivity index (χ4v) is 9.90. The first-order chi connectivity index (χ1) is 31.2. The van der Waals surface area contributed by atoms with Crippen LogP contribution in [0.2, 0.25) is 0 Å². The van der Waals surface area contributed by atoms with Gasteiger partial charge in [0, 0.05) is 49.4 Å². The molecule has 0 spiro atoms. The van der Waals surface area contributed by atoms with Gasteiger partial charge in [0.25, 0.3) is 0 Å². The topological polar surface area (TPSA) is 42.5 Å². The summed E-state index contributed by atoms with van der Waals surface area (Å²) < 4.78 is 27.9. The molecule has 0 saturated carbocycles. The maximum absolute atomic E-state index is 6.97. The van der Waals surface area contributed by atoms with Gasteiger partial charge in [-0.25, -0.2) is 0 Å². The summed E-state index contributed by atoms with van der Waals surface area (Å²) in [5, 5.41) is 7.01. The number of fused-ring (bicyclic) bond motifs is 9. The summed E-state index contributed by atoms with van der Waals surface area (Å²) in [5.74, 6) is 0. The lowest BCUT2D eigenvalue weighted by Crippen LogP contribution is -2.61. The molecule has 1 aliphatic heterocycles. The molecule has 1 fully saturated rings. The highest BCUT2D eigenvalue weighted by Crippen LogP contribution is 2.35. The SMILES string of the molecule is c1ccc(-n2c3ccccc3c3cc(B4OB(c5cccc(-n6c7ccccc7c7ccccc76)c5)OB(c5ccc6c(c5)c5ccccc5n6-c5ccccc5)O4)ccc32)cc1. The van der Waals surface area contributed by atoms with Crippen LogP contribution in [0.25, 0.3) is 82.5 Å². The Morgan fingerprint density at radius 3 is 0.984 bits per heavy atom. The van der Waals surface area contributed by atoms with Gasteiger partial charge in [0.05, 0.1) is 33.1 Å². The average Bonchev–Trinajstić information content (AvgIpc) is 4.00. The number of hydrogen-bond acceptors (Lipinski definition) is 3. The molecule has 0 aliphatic carbocycles. The maximum Gasteiger partial charge on any atom is 0.467 e. The minimum Gasteiger partial charge on any atom is -0.445 e. The van der Waals surface area contributed by atoms with E-state index in [0.717, 1.165) is 88.1 Å². The molecule has 0 N–H and O–H groups in total. The van der Waals surface area contributed by atoms with Crippen molar-refractivity contribution >= 4 is 103 Å². The Bertz CT molecular complexity index is 3500. The molecule has 294 valence electrons. The predicted octanol–water partition coefficient (Wildman–Crippen LogP) is 10.5. The van der Waals surface area contributed by atoms with Crippen molar-refractivity contribution in [2.24, 2.45) is 0 Å². The number of rotatable bonds is 6. The second kappa shape index (κ2) is 14.5. The Morgan fingerprint density at radius 1 is 0.238 bits per heavy atom. The van der Waals surface area contributed by atoms with Gasteiger partial charge in [-0.2, -0.15) is 0 Å². The zero-order valence-electron chi connectivity index (χ0n) is 34.1. The summed E-state index contributed by atoms with van der Waals surface area (Å²) in [7, 11) is -2.23. The Labute approximate surface area is 364 Å². The standard InChI is InChI=1S/C54H36B3N3O3/c1-3-17-40(18-4-1)58-51-28-13-9-24-45(51)47-35-38(30-32-53(47)58)56-61-55(37-16-15-21-42(34-37)60-49-26-11-7-22-43(49)44-23-8-12-27-50(44)60)62-57(63-56)39-31-33-54-48(36-39)46-25-10-14-29-52(46)59(54)41-19-5-2-6-20-41/h1-36H. The van der Waals surface area contributed by atoms with E-state index in [1.54, 1.807) is 0 Å². The third kappa shape index (κ3) is 5.82. The lowest BCUT2D eigenvalue weighted by atomic mass is 9.61. The molecule has 13 rings (SSSR count). The van der Waals surface area contributed by atoms with E-state index in [1.807, 2.05) is 0 Å². The molecule has 6 nitrogen and oxygen atoms in total. The van der Waals surface area contributed by atoms with Crippen molar-refractivity contribution < 1.29 is 13.7 Å². The van der Waals surface area contributed by atoms with Crippen LogP contribution in [0.5, 0.6) is 0 Å². The number of aromatic nitrogens is 3. The van der Waals surface area contributed by atoms with Gasteiger partial charge in [0.2, 0.25) is 0 Å². The zero-order chi connectivity index (χ0) is 41.4. The van der Waals surface area contributed by atoms with E-state index < -0.39 is 21.4 Å². The van der Waals surface area contributed by atoms with E-state index in [0.29, 0.717) is 0 Å². The van der Waals surface area contributed by atoms with E-state index in [4.69, 9.17) is 13.7 Å². The van der Waals surface area contributed by atoms with Crippen molar-refractivity contribution in [3.63, 3.8) is 0 Å². The number of nitrogens with zero attached hydrogens (tertiary/aromatic N) is 3. The quantitative estimate of drug-likeness (QED) is 0.157. The van der Waals surface area contributed by atoms with Crippen LogP contribution in [-0.4, -0.2) is 35.1 Å². The second-order valence-electron chi connectivity index (χ2n) is 16.3. The highest BCUT2D eigenvalue weighted by molar-refractivity contribution is 6.87. The van der Waals surface area contributed by atoms with Gasteiger partial charge in [-0.05, 0) is 89.2 Å². The van der Waals surface area contributed by atoms with Gasteiger partial charge in [-0.1, -0.05) is 146 Å². The van der Waals surface area contributed by atoms with E-state index in [-0.39, 0.29) is 0 Å². The van der Waals surface area contributed by atoms with Gasteiger partial charge < -0.3 is 27.4 Å².